The summed E-state index contributed by atoms with van der Waals surface area (Å²) in [6, 6.07) is 15.0. The summed E-state index contributed by atoms with van der Waals surface area (Å²) in [5, 5.41) is 8.06. The highest BCUT2D eigenvalue weighted by Gasteiger charge is 2.10. The van der Waals surface area contributed by atoms with E-state index in [1.165, 1.54) is 11.1 Å². The molecule has 1 aromatic heterocycles. The lowest BCUT2D eigenvalue weighted by Gasteiger charge is -2.27. The molecule has 1 saturated heterocycles. The van der Waals surface area contributed by atoms with Crippen LogP contribution in [0.25, 0.3) is 23.1 Å². The highest BCUT2D eigenvalue weighted by atomic mass is 15.2. The summed E-state index contributed by atoms with van der Waals surface area (Å²) in [4.78, 5) is 12.2. The summed E-state index contributed by atoms with van der Waals surface area (Å²) in [7, 11) is 0. The van der Waals surface area contributed by atoms with Crippen LogP contribution < -0.4 is 10.6 Å². The van der Waals surface area contributed by atoms with E-state index in [1.807, 2.05) is 6.08 Å². The highest BCUT2D eigenvalue weighted by Crippen LogP contribution is 2.22. The minimum Gasteiger partial charge on any atom is -0.369 e. The Kier molecular flexibility index (Phi) is 7.28. The first kappa shape index (κ1) is 21.5. The summed E-state index contributed by atoms with van der Waals surface area (Å²) >= 11 is 0. The SMILES string of the molecule is CCc1ccc(/C=C/c2nc(NCCCN3CCNCC3)c3ccc(C)cc3n2)cc1. The van der Waals surface area contributed by atoms with Crippen LogP contribution in [0.3, 0.4) is 0 Å². The molecule has 3 aromatic rings. The summed E-state index contributed by atoms with van der Waals surface area (Å²) < 4.78 is 0. The van der Waals surface area contributed by atoms with E-state index >= 15 is 0 Å². The van der Waals surface area contributed by atoms with Gasteiger partial charge < -0.3 is 15.5 Å². The Bertz CT molecular complexity index is 1020. The molecule has 0 amide bonds. The molecule has 0 atom stereocenters. The van der Waals surface area contributed by atoms with Crippen LogP contribution >= 0.6 is 0 Å². The lowest BCUT2D eigenvalue weighted by Crippen LogP contribution is -2.44. The Morgan fingerprint density at radius 3 is 2.61 bits per heavy atom. The van der Waals surface area contributed by atoms with Gasteiger partial charge in [0.25, 0.3) is 0 Å². The van der Waals surface area contributed by atoms with Crippen LogP contribution in [0.4, 0.5) is 5.82 Å². The molecule has 0 aliphatic carbocycles. The maximum absolute atomic E-state index is 4.83. The van der Waals surface area contributed by atoms with Crippen molar-refractivity contribution in [3.63, 3.8) is 0 Å². The topological polar surface area (TPSA) is 53.1 Å². The van der Waals surface area contributed by atoms with Crippen LogP contribution in [0.2, 0.25) is 0 Å². The first-order valence-electron chi connectivity index (χ1n) is 11.4. The van der Waals surface area contributed by atoms with E-state index in [1.54, 1.807) is 0 Å². The van der Waals surface area contributed by atoms with Crippen LogP contribution in [-0.4, -0.2) is 54.1 Å². The van der Waals surface area contributed by atoms with Crippen molar-refractivity contribution >= 4 is 28.9 Å². The minimum atomic E-state index is 0.738. The molecule has 1 aliphatic rings. The fraction of sp³-hybridized carbons (Fsp3) is 0.385. The third-order valence-corrected chi connectivity index (χ3v) is 5.84. The van der Waals surface area contributed by atoms with Crippen molar-refractivity contribution in [1.82, 2.24) is 20.2 Å². The number of aryl methyl sites for hydroxylation is 2. The second kappa shape index (κ2) is 10.5. The highest BCUT2D eigenvalue weighted by molar-refractivity contribution is 5.90. The first-order valence-corrected chi connectivity index (χ1v) is 11.4. The molecule has 31 heavy (non-hydrogen) atoms. The maximum atomic E-state index is 4.83. The number of hydrogen-bond donors (Lipinski definition) is 2. The molecule has 1 aliphatic heterocycles. The van der Waals surface area contributed by atoms with Crippen molar-refractivity contribution in [1.29, 1.82) is 0 Å². The van der Waals surface area contributed by atoms with Gasteiger partial charge in [0.15, 0.2) is 5.82 Å². The molecule has 2 N–H and O–H groups in total. The van der Waals surface area contributed by atoms with Crippen LogP contribution in [0.15, 0.2) is 42.5 Å². The van der Waals surface area contributed by atoms with Crippen LogP contribution in [0.1, 0.15) is 35.9 Å². The molecule has 0 saturated carbocycles. The van der Waals surface area contributed by atoms with E-state index < -0.39 is 0 Å². The van der Waals surface area contributed by atoms with E-state index in [0.29, 0.717) is 0 Å². The molecule has 162 valence electrons. The number of fused-ring (bicyclic) bond motifs is 1. The van der Waals surface area contributed by atoms with E-state index in [9.17, 15) is 0 Å². The Hall–Kier alpha value is -2.76. The van der Waals surface area contributed by atoms with Crippen molar-refractivity contribution < 1.29 is 0 Å². The number of hydrogen-bond acceptors (Lipinski definition) is 5. The molecule has 1 fully saturated rings. The van der Waals surface area contributed by atoms with Crippen molar-refractivity contribution in [2.24, 2.45) is 0 Å². The number of nitrogens with zero attached hydrogens (tertiary/aromatic N) is 3. The predicted molar refractivity (Wildman–Crippen MR) is 131 cm³/mol. The fourth-order valence-corrected chi connectivity index (χ4v) is 3.95. The van der Waals surface area contributed by atoms with Gasteiger partial charge in [-0.25, -0.2) is 9.97 Å². The number of nitrogens with one attached hydrogen (secondary N) is 2. The second-order valence-corrected chi connectivity index (χ2v) is 8.25. The van der Waals surface area contributed by atoms with Gasteiger partial charge in [-0.2, -0.15) is 0 Å². The third kappa shape index (κ3) is 5.90. The standard InChI is InChI=1S/C26H33N5/c1-3-21-6-8-22(9-7-21)10-12-25-29-24-19-20(2)5-11-23(24)26(30-25)28-13-4-16-31-17-14-27-15-18-31/h5-12,19,27H,3-4,13-18H2,1-2H3,(H,28,29,30)/b12-10+. The van der Waals surface area contributed by atoms with Crippen molar-refractivity contribution in [2.45, 2.75) is 26.7 Å². The molecule has 0 radical (unpaired) electrons. The van der Waals surface area contributed by atoms with Gasteiger partial charge in [-0.1, -0.05) is 43.3 Å². The normalized spacial score (nSPS) is 15.0. The monoisotopic (exact) mass is 415 g/mol. The van der Waals surface area contributed by atoms with Gasteiger partial charge in [0.05, 0.1) is 5.52 Å². The number of benzene rings is 2. The van der Waals surface area contributed by atoms with E-state index in [-0.39, 0.29) is 0 Å². The largest absolute Gasteiger partial charge is 0.369 e. The van der Waals surface area contributed by atoms with Crippen LogP contribution in [0, 0.1) is 6.92 Å². The zero-order chi connectivity index (χ0) is 21.5. The smallest absolute Gasteiger partial charge is 0.154 e. The zero-order valence-corrected chi connectivity index (χ0v) is 18.7. The Morgan fingerprint density at radius 2 is 1.84 bits per heavy atom. The predicted octanol–water partition coefficient (Wildman–Crippen LogP) is 4.38. The molecular formula is C26H33N5. The summed E-state index contributed by atoms with van der Waals surface area (Å²) in [5.74, 6) is 1.66. The quantitative estimate of drug-likeness (QED) is 0.535. The van der Waals surface area contributed by atoms with Gasteiger partial charge >= 0.3 is 0 Å². The maximum Gasteiger partial charge on any atom is 0.154 e. The molecule has 2 heterocycles. The van der Waals surface area contributed by atoms with E-state index in [2.05, 4.69) is 77.9 Å². The summed E-state index contributed by atoms with van der Waals surface area (Å²) in [6.07, 6.45) is 6.26. The van der Waals surface area contributed by atoms with E-state index in [0.717, 1.165) is 80.2 Å². The van der Waals surface area contributed by atoms with Crippen molar-refractivity contribution in [2.75, 3.05) is 44.6 Å². The van der Waals surface area contributed by atoms with Crippen LogP contribution in [0.5, 0.6) is 0 Å². The van der Waals surface area contributed by atoms with Gasteiger partial charge in [0.1, 0.15) is 5.82 Å². The van der Waals surface area contributed by atoms with E-state index in [4.69, 9.17) is 9.97 Å². The van der Waals surface area contributed by atoms with Crippen molar-refractivity contribution in [3.05, 3.63) is 65.0 Å². The summed E-state index contributed by atoms with van der Waals surface area (Å²) in [5.41, 5.74) is 4.71. The number of aromatic nitrogens is 2. The molecule has 0 bridgehead atoms. The van der Waals surface area contributed by atoms with Gasteiger partial charge in [-0.05, 0) is 61.2 Å². The number of piperazine rings is 1. The van der Waals surface area contributed by atoms with Gasteiger partial charge in [0, 0.05) is 38.1 Å². The lowest BCUT2D eigenvalue weighted by molar-refractivity contribution is 0.240. The third-order valence-electron chi connectivity index (χ3n) is 5.84. The van der Waals surface area contributed by atoms with Gasteiger partial charge in [-0.3, -0.25) is 0 Å². The first-order chi connectivity index (χ1) is 15.2. The molecule has 0 unspecified atom stereocenters. The fourth-order valence-electron chi connectivity index (χ4n) is 3.95. The zero-order valence-electron chi connectivity index (χ0n) is 18.7. The average molecular weight is 416 g/mol. The number of rotatable bonds is 8. The molecule has 2 aromatic carbocycles. The Morgan fingerprint density at radius 1 is 1.03 bits per heavy atom. The Balaban J connectivity index is 1.48. The number of anilines is 1. The average Bonchev–Trinajstić information content (AvgIpc) is 2.81. The lowest BCUT2D eigenvalue weighted by atomic mass is 10.1. The van der Waals surface area contributed by atoms with Crippen molar-refractivity contribution in [3.8, 4) is 0 Å². The van der Waals surface area contributed by atoms with Crippen LogP contribution in [-0.2, 0) is 6.42 Å². The molecule has 5 nitrogen and oxygen atoms in total. The molecule has 0 spiro atoms. The molecule has 5 heteroatoms. The summed E-state index contributed by atoms with van der Waals surface area (Å²) in [6.45, 7) is 10.8. The molecule has 4 rings (SSSR count). The molecular weight excluding hydrogens is 382 g/mol. The second-order valence-electron chi connectivity index (χ2n) is 8.25. The Labute approximate surface area is 185 Å². The van der Waals surface area contributed by atoms with Gasteiger partial charge in [-0.15, -0.1) is 0 Å². The minimum absolute atomic E-state index is 0.738. The van der Waals surface area contributed by atoms with Gasteiger partial charge in [0.2, 0.25) is 0 Å².